The molecule has 0 saturated heterocycles. The van der Waals surface area contributed by atoms with Gasteiger partial charge < -0.3 is 15.3 Å². The van der Waals surface area contributed by atoms with E-state index in [1.54, 1.807) is 12.1 Å². The Bertz CT molecular complexity index is 711. The average molecular weight is 254 g/mol. The van der Waals surface area contributed by atoms with E-state index in [2.05, 4.69) is 0 Å². The maximum absolute atomic E-state index is 12.2. The molecule has 4 heteroatoms. The van der Waals surface area contributed by atoms with E-state index in [0.717, 1.165) is 0 Å². The molecule has 0 spiro atoms. The Morgan fingerprint density at radius 3 is 2.05 bits per heavy atom. The lowest BCUT2D eigenvalue weighted by Gasteiger charge is -2.02. The second-order valence-corrected chi connectivity index (χ2v) is 4.33. The number of benzene rings is 2. The molecule has 1 aliphatic rings. The zero-order valence-corrected chi connectivity index (χ0v) is 9.79. The van der Waals surface area contributed by atoms with Crippen LogP contribution in [0.1, 0.15) is 21.5 Å². The minimum absolute atomic E-state index is 0.00921. The summed E-state index contributed by atoms with van der Waals surface area (Å²) in [6, 6.07) is 10.3. The number of fused-ring (bicyclic) bond motifs is 1. The number of carbonyl (C=O) groups excluding carboxylic acids is 1. The SMILES string of the molecule is O=C1C(c2ccc(O)cc2)=C(O)c2cc(O)ccc21. The third-order valence-corrected chi connectivity index (χ3v) is 3.12. The predicted molar refractivity (Wildman–Crippen MR) is 70.0 cm³/mol. The molecule has 3 N–H and O–H groups in total. The highest BCUT2D eigenvalue weighted by Gasteiger charge is 2.30. The summed E-state index contributed by atoms with van der Waals surface area (Å²) in [5.74, 6) is -0.366. The number of rotatable bonds is 1. The minimum Gasteiger partial charge on any atom is -0.508 e. The van der Waals surface area contributed by atoms with Gasteiger partial charge in [0.25, 0.3) is 0 Å². The first-order chi connectivity index (χ1) is 9.08. The molecule has 0 fully saturated rings. The van der Waals surface area contributed by atoms with E-state index < -0.39 is 0 Å². The molecule has 19 heavy (non-hydrogen) atoms. The van der Waals surface area contributed by atoms with Crippen LogP contribution in [0.25, 0.3) is 11.3 Å². The number of hydrogen-bond donors (Lipinski definition) is 3. The molecule has 3 rings (SSSR count). The standard InChI is InChI=1S/C15H10O4/c16-9-3-1-8(2-4-9)13-14(18)11-6-5-10(17)7-12(11)15(13)19/h1-7,16-17,19H. The van der Waals surface area contributed by atoms with Crippen molar-refractivity contribution in [3.63, 3.8) is 0 Å². The summed E-state index contributed by atoms with van der Waals surface area (Å²) in [4.78, 5) is 12.2. The van der Waals surface area contributed by atoms with Crippen molar-refractivity contribution >= 4 is 17.1 Å². The molecular formula is C15H10O4. The molecule has 0 amide bonds. The number of Topliss-reactive ketones (excluding diaryl/α,β-unsaturated/α-hetero) is 1. The Morgan fingerprint density at radius 1 is 0.737 bits per heavy atom. The summed E-state index contributed by atoms with van der Waals surface area (Å²) in [5.41, 5.74) is 1.39. The maximum Gasteiger partial charge on any atom is 0.198 e. The smallest absolute Gasteiger partial charge is 0.198 e. The quantitative estimate of drug-likeness (QED) is 0.731. The van der Waals surface area contributed by atoms with Crippen molar-refractivity contribution in [3.8, 4) is 11.5 Å². The first kappa shape index (κ1) is 11.3. The minimum atomic E-state index is -0.293. The zero-order chi connectivity index (χ0) is 13.6. The number of phenolic OH excluding ortho intramolecular Hbond substituents is 2. The lowest BCUT2D eigenvalue weighted by atomic mass is 10.0. The maximum atomic E-state index is 12.2. The third-order valence-electron chi connectivity index (χ3n) is 3.12. The number of ketones is 1. The molecule has 4 nitrogen and oxygen atoms in total. The van der Waals surface area contributed by atoms with Gasteiger partial charge in [0.05, 0.1) is 5.57 Å². The van der Waals surface area contributed by atoms with Gasteiger partial charge in [0.2, 0.25) is 0 Å². The van der Waals surface area contributed by atoms with Crippen LogP contribution in [-0.4, -0.2) is 21.1 Å². The van der Waals surface area contributed by atoms with Crippen LogP contribution in [0, 0.1) is 0 Å². The van der Waals surface area contributed by atoms with E-state index in [0.29, 0.717) is 16.7 Å². The van der Waals surface area contributed by atoms with Crippen LogP contribution in [0.5, 0.6) is 11.5 Å². The molecule has 0 bridgehead atoms. The van der Waals surface area contributed by atoms with Crippen molar-refractivity contribution in [3.05, 3.63) is 59.2 Å². The van der Waals surface area contributed by atoms with Gasteiger partial charge in [0.15, 0.2) is 5.78 Å². The molecule has 0 aliphatic heterocycles. The fourth-order valence-electron chi connectivity index (χ4n) is 2.20. The van der Waals surface area contributed by atoms with Crippen molar-refractivity contribution in [2.75, 3.05) is 0 Å². The molecule has 0 aromatic heterocycles. The summed E-state index contributed by atoms with van der Waals surface area (Å²) in [5, 5.41) is 28.8. The van der Waals surface area contributed by atoms with Gasteiger partial charge in [0.1, 0.15) is 17.3 Å². The zero-order valence-electron chi connectivity index (χ0n) is 9.79. The fraction of sp³-hybridized carbons (Fsp3) is 0. The van der Waals surface area contributed by atoms with Crippen LogP contribution in [0.4, 0.5) is 0 Å². The van der Waals surface area contributed by atoms with E-state index in [-0.39, 0.29) is 28.6 Å². The molecule has 0 unspecified atom stereocenters. The number of phenols is 2. The van der Waals surface area contributed by atoms with Crippen LogP contribution in [0.3, 0.4) is 0 Å². The fourth-order valence-corrected chi connectivity index (χ4v) is 2.20. The molecule has 94 valence electrons. The van der Waals surface area contributed by atoms with Crippen LogP contribution in [0.2, 0.25) is 0 Å². The first-order valence-corrected chi connectivity index (χ1v) is 5.68. The van der Waals surface area contributed by atoms with Crippen LogP contribution < -0.4 is 0 Å². The van der Waals surface area contributed by atoms with E-state index in [1.807, 2.05) is 0 Å². The second-order valence-electron chi connectivity index (χ2n) is 4.33. The van der Waals surface area contributed by atoms with E-state index in [4.69, 9.17) is 0 Å². The first-order valence-electron chi connectivity index (χ1n) is 5.68. The van der Waals surface area contributed by atoms with Crippen LogP contribution >= 0.6 is 0 Å². The molecule has 0 saturated carbocycles. The van der Waals surface area contributed by atoms with Crippen LogP contribution in [-0.2, 0) is 0 Å². The monoisotopic (exact) mass is 254 g/mol. The molecule has 0 atom stereocenters. The van der Waals surface area contributed by atoms with Gasteiger partial charge in [0, 0.05) is 11.1 Å². The molecule has 0 heterocycles. The highest BCUT2D eigenvalue weighted by molar-refractivity contribution is 6.38. The average Bonchev–Trinajstić information content (AvgIpc) is 2.63. The number of hydrogen-bond acceptors (Lipinski definition) is 4. The summed E-state index contributed by atoms with van der Waals surface area (Å²) in [6.45, 7) is 0. The second kappa shape index (κ2) is 3.88. The number of allylic oxidation sites excluding steroid dienone is 1. The van der Waals surface area contributed by atoms with Gasteiger partial charge in [-0.15, -0.1) is 0 Å². The van der Waals surface area contributed by atoms with Crippen molar-refractivity contribution < 1.29 is 20.1 Å². The largest absolute Gasteiger partial charge is 0.508 e. The molecule has 2 aromatic rings. The lowest BCUT2D eigenvalue weighted by molar-refractivity contribution is 0.105. The Balaban J connectivity index is 2.18. The third kappa shape index (κ3) is 1.65. The van der Waals surface area contributed by atoms with Crippen molar-refractivity contribution in [1.82, 2.24) is 0 Å². The van der Waals surface area contributed by atoms with Gasteiger partial charge in [-0.05, 0) is 35.9 Å². The van der Waals surface area contributed by atoms with E-state index in [9.17, 15) is 20.1 Å². The summed E-state index contributed by atoms with van der Waals surface area (Å²) < 4.78 is 0. The predicted octanol–water partition coefficient (Wildman–Crippen LogP) is 2.72. The number of carbonyl (C=O) groups is 1. The number of aliphatic hydroxyl groups excluding tert-OH is 1. The van der Waals surface area contributed by atoms with Crippen molar-refractivity contribution in [2.45, 2.75) is 0 Å². The Labute approximate surface area is 108 Å². The molecular weight excluding hydrogens is 244 g/mol. The normalized spacial score (nSPS) is 13.8. The summed E-state index contributed by atoms with van der Waals surface area (Å²) >= 11 is 0. The summed E-state index contributed by atoms with van der Waals surface area (Å²) in [7, 11) is 0. The van der Waals surface area contributed by atoms with Gasteiger partial charge in [-0.2, -0.15) is 0 Å². The van der Waals surface area contributed by atoms with E-state index in [1.165, 1.54) is 30.3 Å². The topological polar surface area (TPSA) is 77.8 Å². The highest BCUT2D eigenvalue weighted by atomic mass is 16.3. The number of aromatic hydroxyl groups is 2. The van der Waals surface area contributed by atoms with Crippen molar-refractivity contribution in [2.24, 2.45) is 0 Å². The Kier molecular flexibility index (Phi) is 2.32. The highest BCUT2D eigenvalue weighted by Crippen LogP contribution is 2.38. The summed E-state index contributed by atoms with van der Waals surface area (Å²) in [6.07, 6.45) is 0. The lowest BCUT2D eigenvalue weighted by Crippen LogP contribution is -1.97. The Morgan fingerprint density at radius 2 is 1.37 bits per heavy atom. The van der Waals surface area contributed by atoms with Crippen molar-refractivity contribution in [1.29, 1.82) is 0 Å². The Hall–Kier alpha value is -2.75. The molecule has 1 aliphatic carbocycles. The number of aliphatic hydroxyl groups is 1. The molecule has 2 aromatic carbocycles. The van der Waals surface area contributed by atoms with E-state index >= 15 is 0 Å². The molecule has 0 radical (unpaired) electrons. The van der Waals surface area contributed by atoms with Gasteiger partial charge in [-0.25, -0.2) is 0 Å². The van der Waals surface area contributed by atoms with Crippen LogP contribution in [0.15, 0.2) is 42.5 Å². The van der Waals surface area contributed by atoms with Gasteiger partial charge in [-0.1, -0.05) is 12.1 Å². The van der Waals surface area contributed by atoms with Gasteiger partial charge in [-0.3, -0.25) is 4.79 Å². The van der Waals surface area contributed by atoms with Gasteiger partial charge >= 0.3 is 0 Å².